The van der Waals surface area contributed by atoms with Crippen LogP contribution < -0.4 is 0 Å². The van der Waals surface area contributed by atoms with Crippen LogP contribution in [0.15, 0.2) is 29.2 Å². The Morgan fingerprint density at radius 1 is 1.37 bits per heavy atom. The fourth-order valence-electron chi connectivity index (χ4n) is 1.69. The zero-order valence-corrected chi connectivity index (χ0v) is 11.5. The molecule has 0 radical (unpaired) electrons. The molecule has 2 rings (SSSR count). The van der Waals surface area contributed by atoms with Crippen LogP contribution in [0.1, 0.15) is 12.5 Å². The first-order chi connectivity index (χ1) is 8.92. The van der Waals surface area contributed by atoms with Crippen LogP contribution in [0.2, 0.25) is 0 Å². The average molecular weight is 285 g/mol. The van der Waals surface area contributed by atoms with E-state index >= 15 is 0 Å². The molecule has 0 aromatic heterocycles. The summed E-state index contributed by atoms with van der Waals surface area (Å²) in [6.07, 6.45) is -1.65. The number of amides is 1. The Morgan fingerprint density at radius 2 is 2.00 bits per heavy atom. The molecule has 104 valence electrons. The zero-order valence-electron chi connectivity index (χ0n) is 10.7. The number of carbonyl (C=O) groups is 1. The van der Waals surface area contributed by atoms with Crippen molar-refractivity contribution in [3.05, 3.63) is 29.8 Å². The molecule has 1 atom stereocenters. The molecule has 1 aromatic rings. The predicted octanol–water partition coefficient (Wildman–Crippen LogP) is 1.50. The molecule has 0 bridgehead atoms. The fraction of sp³-hybridized carbons (Fsp3) is 0.417. The Hall–Kier alpha value is -1.60. The monoisotopic (exact) mass is 285 g/mol. The van der Waals surface area contributed by atoms with E-state index in [4.69, 9.17) is 8.92 Å². The Morgan fingerprint density at radius 3 is 2.53 bits per heavy atom. The molecule has 19 heavy (non-hydrogen) atoms. The van der Waals surface area contributed by atoms with Crippen LogP contribution in [-0.4, -0.2) is 38.8 Å². The minimum atomic E-state index is -3.92. The van der Waals surface area contributed by atoms with Crippen LogP contribution in [0.4, 0.5) is 4.79 Å². The van der Waals surface area contributed by atoms with Gasteiger partial charge in [0.15, 0.2) is 0 Å². The summed E-state index contributed by atoms with van der Waals surface area (Å²) in [6.45, 7) is 4.19. The van der Waals surface area contributed by atoms with Crippen LogP contribution in [0.5, 0.6) is 0 Å². The summed E-state index contributed by atoms with van der Waals surface area (Å²) >= 11 is 0. The number of likely N-dealkylation sites (N-methyl/N-ethyl adjacent to an activating group) is 1. The lowest BCUT2D eigenvalue weighted by Crippen LogP contribution is -2.26. The van der Waals surface area contributed by atoms with Crippen molar-refractivity contribution in [2.75, 3.05) is 13.1 Å². The molecular formula is C12H15NO5S. The molecule has 1 aliphatic rings. The van der Waals surface area contributed by atoms with Crippen LogP contribution in [0.3, 0.4) is 0 Å². The maximum atomic E-state index is 12.0. The molecule has 1 fully saturated rings. The average Bonchev–Trinajstić information content (AvgIpc) is 2.69. The Labute approximate surface area is 112 Å². The van der Waals surface area contributed by atoms with Gasteiger partial charge in [-0.05, 0) is 26.0 Å². The van der Waals surface area contributed by atoms with Gasteiger partial charge in [0.2, 0.25) is 6.29 Å². The van der Waals surface area contributed by atoms with Crippen LogP contribution >= 0.6 is 0 Å². The molecule has 1 aliphatic heterocycles. The molecule has 7 heteroatoms. The van der Waals surface area contributed by atoms with E-state index in [1.54, 1.807) is 19.1 Å². The smallest absolute Gasteiger partial charge is 0.412 e. The first-order valence-corrected chi connectivity index (χ1v) is 7.28. The van der Waals surface area contributed by atoms with Crippen molar-refractivity contribution in [2.45, 2.75) is 25.0 Å². The normalized spacial score (nSPS) is 19.6. The molecular weight excluding hydrogens is 270 g/mol. The number of ether oxygens (including phenoxy) is 1. The van der Waals surface area contributed by atoms with Crippen molar-refractivity contribution >= 4 is 16.2 Å². The highest BCUT2D eigenvalue weighted by Crippen LogP contribution is 2.19. The van der Waals surface area contributed by atoms with Gasteiger partial charge in [-0.2, -0.15) is 8.42 Å². The summed E-state index contributed by atoms with van der Waals surface area (Å²) in [5.41, 5.74) is 0.948. The van der Waals surface area contributed by atoms with E-state index < -0.39 is 22.5 Å². The van der Waals surface area contributed by atoms with Gasteiger partial charge in [-0.15, -0.1) is 0 Å². The largest absolute Gasteiger partial charge is 0.416 e. The van der Waals surface area contributed by atoms with Gasteiger partial charge in [-0.25, -0.2) is 8.98 Å². The van der Waals surface area contributed by atoms with Crippen molar-refractivity contribution in [2.24, 2.45) is 0 Å². The zero-order chi connectivity index (χ0) is 14.0. The Bertz CT molecular complexity index is 566. The van der Waals surface area contributed by atoms with Crippen molar-refractivity contribution in [1.29, 1.82) is 0 Å². The van der Waals surface area contributed by atoms with E-state index in [0.29, 0.717) is 6.54 Å². The van der Waals surface area contributed by atoms with Gasteiger partial charge in [-0.3, -0.25) is 0 Å². The molecule has 0 saturated carbocycles. The summed E-state index contributed by atoms with van der Waals surface area (Å²) in [5.74, 6) is 0. The second kappa shape index (κ2) is 5.18. The highest BCUT2D eigenvalue weighted by molar-refractivity contribution is 7.86. The number of nitrogens with zero attached hydrogens (tertiary/aromatic N) is 1. The van der Waals surface area contributed by atoms with Gasteiger partial charge in [0.1, 0.15) is 0 Å². The van der Waals surface area contributed by atoms with Crippen molar-refractivity contribution in [3.63, 3.8) is 0 Å². The van der Waals surface area contributed by atoms with Crippen LogP contribution in [0.25, 0.3) is 0 Å². The number of hydrogen-bond donors (Lipinski definition) is 0. The maximum Gasteiger partial charge on any atom is 0.412 e. The van der Waals surface area contributed by atoms with E-state index in [2.05, 4.69) is 0 Å². The second-order valence-corrected chi connectivity index (χ2v) is 5.79. The molecule has 0 aliphatic carbocycles. The summed E-state index contributed by atoms with van der Waals surface area (Å²) in [6, 6.07) is 6.27. The lowest BCUT2D eigenvalue weighted by atomic mass is 10.2. The third-order valence-corrected chi connectivity index (χ3v) is 4.10. The molecule has 1 unspecified atom stereocenters. The van der Waals surface area contributed by atoms with Gasteiger partial charge in [0, 0.05) is 6.54 Å². The lowest BCUT2D eigenvalue weighted by molar-refractivity contribution is 0.0105. The molecule has 6 nitrogen and oxygen atoms in total. The molecule has 0 spiro atoms. The summed E-state index contributed by atoms with van der Waals surface area (Å²) in [7, 11) is -3.92. The number of hydrogen-bond acceptors (Lipinski definition) is 5. The van der Waals surface area contributed by atoms with E-state index in [-0.39, 0.29) is 11.4 Å². The van der Waals surface area contributed by atoms with Crippen molar-refractivity contribution in [1.82, 2.24) is 4.90 Å². The van der Waals surface area contributed by atoms with Gasteiger partial charge in [-0.1, -0.05) is 17.7 Å². The van der Waals surface area contributed by atoms with Crippen LogP contribution in [-0.2, 0) is 19.0 Å². The molecule has 1 saturated heterocycles. The molecule has 1 heterocycles. The summed E-state index contributed by atoms with van der Waals surface area (Å²) in [5, 5.41) is 0. The maximum absolute atomic E-state index is 12.0. The highest BCUT2D eigenvalue weighted by Gasteiger charge is 2.34. The van der Waals surface area contributed by atoms with Gasteiger partial charge >= 0.3 is 6.09 Å². The van der Waals surface area contributed by atoms with Gasteiger partial charge in [0.25, 0.3) is 10.1 Å². The van der Waals surface area contributed by atoms with Gasteiger partial charge in [0.05, 0.1) is 11.4 Å². The minimum absolute atomic E-state index is 0.0455. The number of cyclic esters (lactones) is 1. The first-order valence-electron chi connectivity index (χ1n) is 5.88. The fourth-order valence-corrected chi connectivity index (χ4v) is 2.65. The number of carbonyl (C=O) groups excluding carboxylic acids is 1. The summed E-state index contributed by atoms with van der Waals surface area (Å²) < 4.78 is 33.7. The topological polar surface area (TPSA) is 72.9 Å². The highest BCUT2D eigenvalue weighted by atomic mass is 32.2. The van der Waals surface area contributed by atoms with E-state index in [9.17, 15) is 13.2 Å². The van der Waals surface area contributed by atoms with Crippen molar-refractivity contribution in [3.8, 4) is 0 Å². The van der Waals surface area contributed by atoms with Crippen LogP contribution in [0, 0.1) is 6.92 Å². The number of rotatable bonds is 4. The van der Waals surface area contributed by atoms with Gasteiger partial charge < -0.3 is 9.64 Å². The van der Waals surface area contributed by atoms with E-state index in [1.807, 2.05) is 6.92 Å². The van der Waals surface area contributed by atoms with E-state index in [0.717, 1.165) is 5.56 Å². The molecule has 1 aromatic carbocycles. The Kier molecular flexibility index (Phi) is 3.77. The minimum Gasteiger partial charge on any atom is -0.416 e. The molecule has 0 N–H and O–H groups in total. The summed E-state index contributed by atoms with van der Waals surface area (Å²) in [4.78, 5) is 12.7. The van der Waals surface area contributed by atoms with E-state index in [1.165, 1.54) is 17.0 Å². The molecule has 1 amide bonds. The number of aryl methyl sites for hydroxylation is 1. The SMILES string of the molecule is CCN1CC(OS(=O)(=O)c2ccc(C)cc2)OC1=O. The quantitative estimate of drug-likeness (QED) is 0.784. The predicted molar refractivity (Wildman–Crippen MR) is 67.0 cm³/mol. The first kappa shape index (κ1) is 13.8. The standard InChI is InChI=1S/C12H15NO5S/c1-3-13-8-11(17-12(13)14)18-19(15,16)10-6-4-9(2)5-7-10/h4-7,11H,3,8H2,1-2H3. The third kappa shape index (κ3) is 3.05. The van der Waals surface area contributed by atoms with Crippen molar-refractivity contribution < 1.29 is 22.1 Å². The lowest BCUT2D eigenvalue weighted by Gasteiger charge is -2.10. The third-order valence-electron chi connectivity index (χ3n) is 2.79. The Balaban J connectivity index is 2.10. The number of benzene rings is 1. The second-order valence-electron chi connectivity index (χ2n) is 4.22.